The third-order valence-electron chi connectivity index (χ3n) is 17.0. The second-order valence-corrected chi connectivity index (χ2v) is 21.7. The molecule has 6 aromatic heterocycles. The van der Waals surface area contributed by atoms with Crippen LogP contribution in [-0.4, -0.2) is 18.3 Å². The summed E-state index contributed by atoms with van der Waals surface area (Å²) in [6.45, 7) is 8.49. The van der Waals surface area contributed by atoms with Crippen molar-refractivity contribution in [3.63, 3.8) is 0 Å². The van der Waals surface area contributed by atoms with Gasteiger partial charge in [-0.1, -0.05) is 119 Å². The summed E-state index contributed by atoms with van der Waals surface area (Å²) in [6.07, 6.45) is 0. The van der Waals surface area contributed by atoms with Crippen LogP contribution in [0.15, 0.2) is 203 Å². The van der Waals surface area contributed by atoms with Crippen LogP contribution in [0.2, 0.25) is 0 Å². The van der Waals surface area contributed by atoms with E-state index in [-0.39, 0.29) is 0 Å². The molecule has 11 aromatic carbocycles. The number of aryl methyl sites for hydroxylation is 4. The van der Waals surface area contributed by atoms with Crippen molar-refractivity contribution in [2.45, 2.75) is 27.7 Å². The summed E-state index contributed by atoms with van der Waals surface area (Å²) >= 11 is 0. The van der Waals surface area contributed by atoms with Gasteiger partial charge in [-0.15, -0.1) is 0 Å². The Morgan fingerprint density at radius 1 is 0.287 bits per heavy atom. The van der Waals surface area contributed by atoms with Crippen LogP contribution in [0.5, 0.6) is 0 Å². The predicted molar refractivity (Wildman–Crippen MR) is 327 cm³/mol. The maximum Gasteiger partial charge on any atom is 0.145 e. The number of nitrogens with zero attached hydrogens (tertiary/aromatic N) is 6. The minimum Gasteiger partial charge on any atom is -0.455 e. The Hall–Kier alpha value is -10.8. The highest BCUT2D eigenvalue weighted by Crippen LogP contribution is 2.51. The second kappa shape index (κ2) is 15.9. The van der Waals surface area contributed by atoms with Gasteiger partial charge < -0.3 is 27.1 Å². The molecule has 0 N–H and O–H groups in total. The van der Waals surface area contributed by atoms with Crippen molar-refractivity contribution in [3.8, 4) is 34.9 Å². The number of nitriles is 2. The second-order valence-electron chi connectivity index (χ2n) is 21.7. The molecule has 0 atom stereocenters. The molecular weight excluding hydrogens is 981 g/mol. The Morgan fingerprint density at radius 2 is 0.575 bits per heavy atom. The van der Waals surface area contributed by atoms with Gasteiger partial charge in [0.05, 0.1) is 77.7 Å². The molecule has 80 heavy (non-hydrogen) atoms. The van der Waals surface area contributed by atoms with Crippen LogP contribution in [0, 0.1) is 50.4 Å². The Labute approximate surface area is 456 Å². The van der Waals surface area contributed by atoms with E-state index in [4.69, 9.17) is 8.83 Å². The molecule has 0 aliphatic carbocycles. The molecule has 0 saturated carbocycles. The van der Waals surface area contributed by atoms with Gasteiger partial charge in [-0.05, 0) is 125 Å². The molecule has 0 radical (unpaired) electrons. The number of hydrogen-bond acceptors (Lipinski definition) is 4. The van der Waals surface area contributed by atoms with Gasteiger partial charge >= 0.3 is 0 Å². The highest BCUT2D eigenvalue weighted by atomic mass is 16.3. The van der Waals surface area contributed by atoms with Crippen LogP contribution >= 0.6 is 0 Å². The highest BCUT2D eigenvalue weighted by molar-refractivity contribution is 6.26. The fraction of sp³-hybridized carbons (Fsp3) is 0.0556. The zero-order valence-electron chi connectivity index (χ0n) is 44.0. The van der Waals surface area contributed by atoms with Gasteiger partial charge in [-0.2, -0.15) is 10.5 Å². The zero-order valence-corrected chi connectivity index (χ0v) is 44.0. The summed E-state index contributed by atoms with van der Waals surface area (Å²) in [6, 6.07) is 73.9. The zero-order chi connectivity index (χ0) is 53.4. The lowest BCUT2D eigenvalue weighted by Gasteiger charge is -2.27. The minimum absolute atomic E-state index is 0.381. The van der Waals surface area contributed by atoms with E-state index in [1.807, 2.05) is 36.4 Å². The van der Waals surface area contributed by atoms with Crippen LogP contribution in [0.1, 0.15) is 33.4 Å². The van der Waals surface area contributed by atoms with Gasteiger partial charge in [0.25, 0.3) is 0 Å². The first-order valence-corrected chi connectivity index (χ1v) is 27.0. The molecule has 0 bridgehead atoms. The molecule has 0 fully saturated rings. The molecule has 0 spiro atoms. The first kappa shape index (κ1) is 44.3. The number of benzene rings is 11. The third-order valence-corrected chi connectivity index (χ3v) is 17.0. The van der Waals surface area contributed by atoms with E-state index >= 15 is 0 Å². The van der Waals surface area contributed by atoms with Gasteiger partial charge in [-0.3, -0.25) is 0 Å². The van der Waals surface area contributed by atoms with Crippen molar-refractivity contribution < 1.29 is 8.83 Å². The molecule has 6 heterocycles. The number of para-hydroxylation sites is 4. The first-order valence-electron chi connectivity index (χ1n) is 27.0. The van der Waals surface area contributed by atoms with Gasteiger partial charge in [-0.25, -0.2) is 0 Å². The van der Waals surface area contributed by atoms with Crippen molar-refractivity contribution in [3.05, 3.63) is 228 Å². The molecule has 0 amide bonds. The molecule has 0 aliphatic rings. The smallest absolute Gasteiger partial charge is 0.145 e. The molecule has 0 unspecified atom stereocenters. The lowest BCUT2D eigenvalue weighted by molar-refractivity contribution is 0.672. The van der Waals surface area contributed by atoms with E-state index in [0.717, 1.165) is 153 Å². The number of aromatic nitrogens is 4. The summed E-state index contributed by atoms with van der Waals surface area (Å²) in [4.78, 5) is 0. The SMILES string of the molecule is Cc1ccc2c(c1)c1cc(C)ccc1n2-c1c(C#N)c(-n2c3ccccc3c3c4oc5ccccc5c4ccc32)c(-n2c3ccc(C)cc3c3cc(C)ccc32)c(C#N)c1-n1c2ccccc2c2c3oc4ccccc4c3ccc21. The molecule has 17 aromatic rings. The fourth-order valence-electron chi connectivity index (χ4n) is 13.7. The Bertz CT molecular complexity index is 5280. The van der Waals surface area contributed by atoms with E-state index in [2.05, 4.69) is 216 Å². The largest absolute Gasteiger partial charge is 0.455 e. The van der Waals surface area contributed by atoms with E-state index in [0.29, 0.717) is 33.9 Å². The summed E-state index contributed by atoms with van der Waals surface area (Å²) in [5, 5.41) is 37.8. The van der Waals surface area contributed by atoms with Crippen molar-refractivity contribution in [2.24, 2.45) is 0 Å². The van der Waals surface area contributed by atoms with Crippen molar-refractivity contribution in [1.29, 1.82) is 10.5 Å². The van der Waals surface area contributed by atoms with Crippen molar-refractivity contribution in [1.82, 2.24) is 18.3 Å². The third kappa shape index (κ3) is 5.71. The molecule has 0 saturated heterocycles. The molecule has 0 aliphatic heterocycles. The molecule has 8 heteroatoms. The van der Waals surface area contributed by atoms with Gasteiger partial charge in [0.15, 0.2) is 0 Å². The Morgan fingerprint density at radius 3 is 0.925 bits per heavy atom. The lowest BCUT2D eigenvalue weighted by Crippen LogP contribution is -2.16. The van der Waals surface area contributed by atoms with E-state index in [1.165, 1.54) is 0 Å². The van der Waals surface area contributed by atoms with Gasteiger partial charge in [0.2, 0.25) is 0 Å². The Balaban J connectivity index is 1.18. The maximum atomic E-state index is 12.9. The standard InChI is InChI=1S/C72H44N6O2/c1-39-21-27-57-49(33-39)50-34-40(2)22-28-58(50)75(57)67-53(37-73)70(78-56-18-10-6-16-48(56)66-62(78)32-26-46-44-14-8-12-20-64(44)80-72(46)66)68(76-59-29-23-41(3)35-51(59)52-36-42(4)24-30-60(52)76)54(38-74)69(67)77-55-17-9-5-15-47(55)65-61(77)31-25-45-43-13-7-11-19-63(43)79-71(45)65/h5-36H,1-4H3. The number of fused-ring (bicyclic) bond motifs is 20. The van der Waals surface area contributed by atoms with E-state index < -0.39 is 0 Å². The highest BCUT2D eigenvalue weighted by Gasteiger charge is 2.35. The number of rotatable bonds is 4. The van der Waals surface area contributed by atoms with Crippen LogP contribution in [0.4, 0.5) is 0 Å². The topological polar surface area (TPSA) is 93.6 Å². The lowest BCUT2D eigenvalue weighted by atomic mass is 9.98. The first-order chi connectivity index (χ1) is 39.3. The Kier molecular flexibility index (Phi) is 8.81. The van der Waals surface area contributed by atoms with Crippen LogP contribution < -0.4 is 0 Å². The summed E-state index contributed by atoms with van der Waals surface area (Å²) in [7, 11) is 0. The monoisotopic (exact) mass is 1020 g/mol. The van der Waals surface area contributed by atoms with Crippen LogP contribution in [-0.2, 0) is 0 Å². The van der Waals surface area contributed by atoms with Crippen LogP contribution in [0.25, 0.3) is 154 Å². The number of furan rings is 2. The average molecular weight is 1030 g/mol. The summed E-state index contributed by atoms with van der Waals surface area (Å²) in [5.74, 6) is 0. The maximum absolute atomic E-state index is 12.9. The van der Waals surface area contributed by atoms with Crippen molar-refractivity contribution >= 4 is 131 Å². The van der Waals surface area contributed by atoms with Crippen LogP contribution in [0.3, 0.4) is 0 Å². The average Bonchev–Trinajstić information content (AvgIpc) is 4.35. The van der Waals surface area contributed by atoms with Gasteiger partial charge in [0, 0.05) is 53.9 Å². The quantitative estimate of drug-likeness (QED) is 0.175. The predicted octanol–water partition coefficient (Wildman–Crippen LogP) is 18.9. The molecule has 17 rings (SSSR count). The summed E-state index contributed by atoms with van der Waals surface area (Å²) < 4.78 is 22.8. The van der Waals surface area contributed by atoms with Gasteiger partial charge in [0.1, 0.15) is 45.6 Å². The minimum atomic E-state index is 0.381. The molecule has 374 valence electrons. The van der Waals surface area contributed by atoms with Crippen molar-refractivity contribution in [2.75, 3.05) is 0 Å². The molecular formula is C72H44N6O2. The van der Waals surface area contributed by atoms with E-state index in [1.54, 1.807) is 0 Å². The fourth-order valence-corrected chi connectivity index (χ4v) is 13.7. The normalized spacial score (nSPS) is 12.2. The van der Waals surface area contributed by atoms with E-state index in [9.17, 15) is 10.5 Å². The summed E-state index contributed by atoms with van der Waals surface area (Å²) in [5.41, 5.74) is 17.6. The number of hydrogen-bond donors (Lipinski definition) is 0. The molecule has 8 nitrogen and oxygen atoms in total.